The molecule has 3 rings (SSSR count). The maximum atomic E-state index is 12.2. The highest BCUT2D eigenvalue weighted by molar-refractivity contribution is 7.20. The molecule has 6 heteroatoms. The Balaban J connectivity index is 1.98. The van der Waals surface area contributed by atoms with Crippen LogP contribution in [0.1, 0.15) is 53.2 Å². The first-order valence-corrected chi connectivity index (χ1v) is 8.13. The molecule has 0 atom stereocenters. The van der Waals surface area contributed by atoms with Crippen LogP contribution in [0.2, 0.25) is 0 Å². The van der Waals surface area contributed by atoms with E-state index >= 15 is 0 Å². The van der Waals surface area contributed by atoms with Gasteiger partial charge >= 0.3 is 5.97 Å². The van der Waals surface area contributed by atoms with Crippen molar-refractivity contribution in [3.63, 3.8) is 0 Å². The van der Waals surface area contributed by atoms with E-state index in [1.165, 1.54) is 32.1 Å². The summed E-state index contributed by atoms with van der Waals surface area (Å²) in [5, 5.41) is 9.58. The minimum atomic E-state index is -0.997. The number of aryl methyl sites for hydroxylation is 1. The highest BCUT2D eigenvalue weighted by atomic mass is 32.1. The third kappa shape index (κ3) is 2.72. The lowest BCUT2D eigenvalue weighted by atomic mass is 9.87. The van der Waals surface area contributed by atoms with Crippen molar-refractivity contribution in [1.82, 2.24) is 9.97 Å². The van der Waals surface area contributed by atoms with Crippen LogP contribution in [-0.2, 0) is 6.42 Å². The summed E-state index contributed by atoms with van der Waals surface area (Å²) in [6.07, 6.45) is 6.95. The Kier molecular flexibility index (Phi) is 3.80. The van der Waals surface area contributed by atoms with Crippen LogP contribution in [0, 0.1) is 12.8 Å². The lowest BCUT2D eigenvalue weighted by Crippen LogP contribution is -2.16. The van der Waals surface area contributed by atoms with E-state index in [0.717, 1.165) is 17.8 Å². The number of hydrogen-bond donors (Lipinski definition) is 2. The minimum Gasteiger partial charge on any atom is -0.477 e. The second-order valence-corrected chi connectivity index (χ2v) is 6.76. The van der Waals surface area contributed by atoms with E-state index in [0.29, 0.717) is 27.5 Å². The van der Waals surface area contributed by atoms with Gasteiger partial charge in [0.25, 0.3) is 5.56 Å². The smallest absolute Gasteiger partial charge is 0.346 e. The number of carboxylic acids is 1. The molecule has 2 aromatic heterocycles. The largest absolute Gasteiger partial charge is 0.477 e. The number of hydrogen-bond acceptors (Lipinski definition) is 4. The van der Waals surface area contributed by atoms with Crippen molar-refractivity contribution in [3.8, 4) is 0 Å². The van der Waals surface area contributed by atoms with Gasteiger partial charge in [0.05, 0.1) is 5.39 Å². The van der Waals surface area contributed by atoms with Crippen LogP contribution in [0.25, 0.3) is 10.2 Å². The normalized spacial score (nSPS) is 16.4. The van der Waals surface area contributed by atoms with Crippen LogP contribution < -0.4 is 5.56 Å². The summed E-state index contributed by atoms with van der Waals surface area (Å²) in [5.74, 6) is 0.278. The van der Waals surface area contributed by atoms with E-state index in [2.05, 4.69) is 9.97 Å². The third-order valence-electron chi connectivity index (χ3n) is 4.25. The number of aromatic amines is 1. The summed E-state index contributed by atoms with van der Waals surface area (Å²) >= 11 is 1.09. The molecule has 2 N–H and O–H groups in total. The summed E-state index contributed by atoms with van der Waals surface area (Å²) in [6, 6.07) is 0. The second kappa shape index (κ2) is 5.60. The number of rotatable bonds is 3. The zero-order chi connectivity index (χ0) is 15.0. The molecule has 1 aliphatic carbocycles. The zero-order valence-corrected chi connectivity index (χ0v) is 12.8. The first-order chi connectivity index (χ1) is 10.1. The fourth-order valence-electron chi connectivity index (χ4n) is 3.15. The predicted molar refractivity (Wildman–Crippen MR) is 82.2 cm³/mol. The molecule has 0 amide bonds. The van der Waals surface area contributed by atoms with Crippen molar-refractivity contribution in [2.24, 2.45) is 5.92 Å². The van der Waals surface area contributed by atoms with Gasteiger partial charge in [0.2, 0.25) is 0 Å². The highest BCUT2D eigenvalue weighted by Crippen LogP contribution is 2.29. The van der Waals surface area contributed by atoms with E-state index < -0.39 is 5.97 Å². The molecule has 0 bridgehead atoms. The van der Waals surface area contributed by atoms with Gasteiger partial charge in [0.1, 0.15) is 15.5 Å². The summed E-state index contributed by atoms with van der Waals surface area (Å²) in [7, 11) is 0. The molecule has 112 valence electrons. The number of nitrogens with one attached hydrogen (secondary N) is 1. The number of thiophene rings is 1. The van der Waals surface area contributed by atoms with Gasteiger partial charge in [-0.15, -0.1) is 11.3 Å². The molecule has 2 aromatic rings. The number of nitrogens with zero attached hydrogens (tertiary/aromatic N) is 1. The quantitative estimate of drug-likeness (QED) is 0.912. The molecule has 21 heavy (non-hydrogen) atoms. The monoisotopic (exact) mass is 306 g/mol. The number of aromatic carboxylic acids is 1. The lowest BCUT2D eigenvalue weighted by Gasteiger charge is -2.20. The molecule has 0 radical (unpaired) electrons. The van der Waals surface area contributed by atoms with E-state index in [1.54, 1.807) is 6.92 Å². The van der Waals surface area contributed by atoms with Crippen molar-refractivity contribution in [1.29, 1.82) is 0 Å². The van der Waals surface area contributed by atoms with Gasteiger partial charge in [0, 0.05) is 6.42 Å². The summed E-state index contributed by atoms with van der Waals surface area (Å²) in [4.78, 5) is 31.5. The highest BCUT2D eigenvalue weighted by Gasteiger charge is 2.20. The number of fused-ring (bicyclic) bond motifs is 1. The van der Waals surface area contributed by atoms with Gasteiger partial charge in [-0.1, -0.05) is 32.1 Å². The van der Waals surface area contributed by atoms with Crippen LogP contribution >= 0.6 is 11.3 Å². The molecular formula is C15H18N2O3S. The van der Waals surface area contributed by atoms with Crippen LogP contribution in [0.3, 0.4) is 0 Å². The van der Waals surface area contributed by atoms with Gasteiger partial charge in [-0.3, -0.25) is 4.79 Å². The lowest BCUT2D eigenvalue weighted by molar-refractivity contribution is 0.0701. The Morgan fingerprint density at radius 3 is 2.76 bits per heavy atom. The SMILES string of the molecule is Cc1c(C(=O)O)sc2nc(CC3CCCCC3)[nH]c(=O)c12. The number of aromatic nitrogens is 2. The maximum Gasteiger partial charge on any atom is 0.346 e. The molecule has 5 nitrogen and oxygen atoms in total. The maximum absolute atomic E-state index is 12.2. The second-order valence-electron chi connectivity index (χ2n) is 5.76. The first-order valence-electron chi connectivity index (χ1n) is 7.32. The molecule has 0 unspecified atom stereocenters. The van der Waals surface area contributed by atoms with Crippen LogP contribution in [-0.4, -0.2) is 21.0 Å². The van der Waals surface area contributed by atoms with E-state index in [4.69, 9.17) is 5.11 Å². The van der Waals surface area contributed by atoms with Gasteiger partial charge in [-0.2, -0.15) is 0 Å². The van der Waals surface area contributed by atoms with Crippen molar-refractivity contribution in [3.05, 3.63) is 26.6 Å². The summed E-state index contributed by atoms with van der Waals surface area (Å²) in [6.45, 7) is 1.67. The molecule has 1 saturated carbocycles. The molecule has 1 fully saturated rings. The van der Waals surface area contributed by atoms with Gasteiger partial charge in [-0.25, -0.2) is 9.78 Å². The molecular weight excluding hydrogens is 288 g/mol. The van der Waals surface area contributed by atoms with Gasteiger partial charge in [-0.05, 0) is 18.4 Å². The number of carbonyl (C=O) groups is 1. The van der Waals surface area contributed by atoms with Crippen molar-refractivity contribution in [2.45, 2.75) is 45.4 Å². The van der Waals surface area contributed by atoms with Gasteiger partial charge in [0.15, 0.2) is 0 Å². The fourth-order valence-corrected chi connectivity index (χ4v) is 4.19. The van der Waals surface area contributed by atoms with Crippen LogP contribution in [0.15, 0.2) is 4.79 Å². The van der Waals surface area contributed by atoms with Crippen LogP contribution in [0.5, 0.6) is 0 Å². The molecule has 0 saturated heterocycles. The fraction of sp³-hybridized carbons (Fsp3) is 0.533. The Bertz CT molecular complexity index is 741. The Morgan fingerprint density at radius 2 is 2.10 bits per heavy atom. The van der Waals surface area contributed by atoms with Crippen molar-refractivity contribution < 1.29 is 9.90 Å². The zero-order valence-electron chi connectivity index (χ0n) is 11.9. The molecule has 2 heterocycles. The molecule has 0 spiro atoms. The number of H-pyrrole nitrogens is 1. The Hall–Kier alpha value is -1.69. The molecule has 0 aliphatic heterocycles. The number of carboxylic acid groups (broad SMARTS) is 1. The van der Waals surface area contributed by atoms with E-state index in [1.807, 2.05) is 0 Å². The predicted octanol–water partition coefficient (Wildman–Crippen LogP) is 3.11. The Labute approximate surface area is 126 Å². The van der Waals surface area contributed by atoms with Crippen LogP contribution in [0.4, 0.5) is 0 Å². The average molecular weight is 306 g/mol. The first kappa shape index (κ1) is 14.3. The summed E-state index contributed by atoms with van der Waals surface area (Å²) in [5.41, 5.74) is 0.299. The molecule has 0 aromatic carbocycles. The third-order valence-corrected chi connectivity index (χ3v) is 5.42. The Morgan fingerprint density at radius 1 is 1.38 bits per heavy atom. The van der Waals surface area contributed by atoms with E-state index in [-0.39, 0.29) is 10.4 Å². The van der Waals surface area contributed by atoms with Crippen molar-refractivity contribution in [2.75, 3.05) is 0 Å². The minimum absolute atomic E-state index is 0.206. The standard InChI is InChI=1S/C15H18N2O3S/c1-8-11-13(18)16-10(7-9-5-3-2-4-6-9)17-14(11)21-12(8)15(19)20/h9H,2-7H2,1H3,(H,19,20)(H,16,17,18). The van der Waals surface area contributed by atoms with E-state index in [9.17, 15) is 9.59 Å². The van der Waals surface area contributed by atoms with Gasteiger partial charge < -0.3 is 10.1 Å². The topological polar surface area (TPSA) is 83.0 Å². The summed E-state index contributed by atoms with van der Waals surface area (Å²) < 4.78 is 0. The van der Waals surface area contributed by atoms with Crippen molar-refractivity contribution >= 4 is 27.5 Å². The molecule has 1 aliphatic rings. The average Bonchev–Trinajstić information content (AvgIpc) is 2.77.